The zero-order valence-electron chi connectivity index (χ0n) is 10.1. The molecule has 0 amide bonds. The van der Waals surface area contributed by atoms with Gasteiger partial charge in [-0.1, -0.05) is 26.0 Å². The Balaban J connectivity index is 2.35. The minimum absolute atomic E-state index is 0.310. The third-order valence-corrected chi connectivity index (χ3v) is 4.87. The average Bonchev–Trinajstić information content (AvgIpc) is 2.17. The highest BCUT2D eigenvalue weighted by Gasteiger charge is 2.61. The first-order valence-corrected chi connectivity index (χ1v) is 5.95. The van der Waals surface area contributed by atoms with Gasteiger partial charge in [0.2, 0.25) is 0 Å². The van der Waals surface area contributed by atoms with Gasteiger partial charge in [0.15, 0.2) is 0 Å². The summed E-state index contributed by atoms with van der Waals surface area (Å²) in [4.78, 5) is 0. The van der Waals surface area contributed by atoms with Crippen molar-refractivity contribution in [1.82, 2.24) is 0 Å². The van der Waals surface area contributed by atoms with Crippen molar-refractivity contribution >= 4 is 0 Å². The predicted molar refractivity (Wildman–Crippen MR) is 63.5 cm³/mol. The summed E-state index contributed by atoms with van der Waals surface area (Å²) in [6, 6.07) is 0. The maximum Gasteiger partial charge on any atom is 0.0924 e. The Morgan fingerprint density at radius 2 is 2.20 bits per heavy atom. The van der Waals surface area contributed by atoms with Crippen LogP contribution < -0.4 is 0 Å². The first-order chi connectivity index (χ1) is 6.96. The van der Waals surface area contributed by atoms with E-state index in [1.807, 2.05) is 13.0 Å². The van der Waals surface area contributed by atoms with E-state index in [0.29, 0.717) is 17.8 Å². The lowest BCUT2D eigenvalue weighted by molar-refractivity contribution is -0.167. The molecule has 3 aliphatic rings. The topological polar surface area (TPSA) is 20.2 Å². The van der Waals surface area contributed by atoms with Gasteiger partial charge in [0.25, 0.3) is 0 Å². The maximum atomic E-state index is 10.8. The lowest BCUT2D eigenvalue weighted by Crippen LogP contribution is -2.62. The van der Waals surface area contributed by atoms with Crippen LogP contribution in [-0.4, -0.2) is 10.7 Å². The van der Waals surface area contributed by atoms with Crippen molar-refractivity contribution in [3.8, 4) is 0 Å². The van der Waals surface area contributed by atoms with E-state index in [9.17, 15) is 5.11 Å². The molecule has 3 atom stereocenters. The first kappa shape index (κ1) is 10.9. The van der Waals surface area contributed by atoms with Crippen LogP contribution in [0.3, 0.4) is 0 Å². The van der Waals surface area contributed by atoms with Gasteiger partial charge in [-0.15, -0.1) is 6.58 Å². The third kappa shape index (κ3) is 1.25. The van der Waals surface area contributed by atoms with Crippen LogP contribution in [-0.2, 0) is 0 Å². The molecule has 2 bridgehead atoms. The molecule has 84 valence electrons. The van der Waals surface area contributed by atoms with Gasteiger partial charge in [-0.2, -0.15) is 0 Å². The molecule has 1 N–H and O–H groups in total. The zero-order chi connectivity index (χ0) is 11.3. The van der Waals surface area contributed by atoms with Gasteiger partial charge >= 0.3 is 0 Å². The van der Waals surface area contributed by atoms with Gasteiger partial charge in [0, 0.05) is 0 Å². The molecule has 0 aliphatic heterocycles. The van der Waals surface area contributed by atoms with Crippen LogP contribution in [0.5, 0.6) is 0 Å². The average molecular weight is 206 g/mol. The zero-order valence-corrected chi connectivity index (χ0v) is 10.1. The van der Waals surface area contributed by atoms with Crippen molar-refractivity contribution in [2.24, 2.45) is 17.3 Å². The predicted octanol–water partition coefficient (Wildman–Crippen LogP) is 3.31. The van der Waals surface area contributed by atoms with Crippen LogP contribution in [0, 0.1) is 17.3 Å². The Kier molecular flexibility index (Phi) is 2.34. The summed E-state index contributed by atoms with van der Waals surface area (Å²) in [6.45, 7) is 10.4. The highest BCUT2D eigenvalue weighted by atomic mass is 16.3. The van der Waals surface area contributed by atoms with Crippen molar-refractivity contribution in [1.29, 1.82) is 0 Å². The number of fused-ring (bicyclic) bond motifs is 2. The van der Waals surface area contributed by atoms with Crippen LogP contribution in [0.2, 0.25) is 0 Å². The summed E-state index contributed by atoms with van der Waals surface area (Å²) in [6.07, 6.45) is 6.93. The minimum Gasteiger partial charge on any atom is -0.385 e. The first-order valence-electron chi connectivity index (χ1n) is 5.95. The molecule has 3 saturated carbocycles. The maximum absolute atomic E-state index is 10.8. The summed E-state index contributed by atoms with van der Waals surface area (Å²) < 4.78 is 0. The highest BCUT2D eigenvalue weighted by Crippen LogP contribution is 2.65. The molecule has 3 fully saturated rings. The van der Waals surface area contributed by atoms with Gasteiger partial charge in [-0.25, -0.2) is 0 Å². The molecule has 0 aromatic rings. The quantitative estimate of drug-likeness (QED) is 0.687. The van der Waals surface area contributed by atoms with Crippen molar-refractivity contribution < 1.29 is 5.11 Å². The van der Waals surface area contributed by atoms with E-state index < -0.39 is 5.60 Å². The van der Waals surface area contributed by atoms with Crippen LogP contribution in [0.25, 0.3) is 0 Å². The SMILES string of the molecule is C=CC[C@@]1(O)/C(=C\C)C[C@H]2C[C@@H]1C2(C)C. The molecule has 3 rings (SSSR count). The molecule has 0 radical (unpaired) electrons. The molecule has 1 heteroatoms. The van der Waals surface area contributed by atoms with Crippen molar-refractivity contribution in [2.45, 2.75) is 45.6 Å². The van der Waals surface area contributed by atoms with E-state index in [1.165, 1.54) is 12.0 Å². The smallest absolute Gasteiger partial charge is 0.0924 e. The summed E-state index contributed by atoms with van der Waals surface area (Å²) in [7, 11) is 0. The van der Waals surface area contributed by atoms with Gasteiger partial charge < -0.3 is 5.11 Å². The standard InChI is InChI=1S/C14H22O/c1-5-7-14(15)10(6-2)8-11-9-12(14)13(11,3)4/h5-6,11-12,15H,1,7-9H2,2-4H3/b10-6-/t11-,12+,14+/m0/s1. The molecule has 0 spiro atoms. The molecular weight excluding hydrogens is 184 g/mol. The summed E-state index contributed by atoms with van der Waals surface area (Å²) in [5, 5.41) is 10.8. The summed E-state index contributed by atoms with van der Waals surface area (Å²) in [5.41, 5.74) is 0.946. The summed E-state index contributed by atoms with van der Waals surface area (Å²) in [5.74, 6) is 1.20. The molecule has 0 aromatic carbocycles. The Morgan fingerprint density at radius 3 is 2.67 bits per heavy atom. The van der Waals surface area contributed by atoms with Crippen molar-refractivity contribution in [3.05, 3.63) is 24.3 Å². The van der Waals surface area contributed by atoms with E-state index >= 15 is 0 Å². The van der Waals surface area contributed by atoms with Crippen molar-refractivity contribution in [2.75, 3.05) is 0 Å². The molecule has 1 nitrogen and oxygen atoms in total. The minimum atomic E-state index is -0.602. The Hall–Kier alpha value is -0.560. The van der Waals surface area contributed by atoms with Gasteiger partial charge in [0.1, 0.15) is 0 Å². The largest absolute Gasteiger partial charge is 0.385 e. The van der Waals surface area contributed by atoms with Gasteiger partial charge in [-0.3, -0.25) is 0 Å². The lowest BCUT2D eigenvalue weighted by Gasteiger charge is -2.64. The highest BCUT2D eigenvalue weighted by molar-refractivity contribution is 5.30. The van der Waals surface area contributed by atoms with E-state index in [-0.39, 0.29) is 0 Å². The molecule has 0 aromatic heterocycles. The second-order valence-electron chi connectivity index (χ2n) is 5.74. The molecule has 0 heterocycles. The molecule has 3 aliphatic carbocycles. The van der Waals surface area contributed by atoms with Crippen LogP contribution in [0.1, 0.15) is 40.0 Å². The van der Waals surface area contributed by atoms with Crippen LogP contribution in [0.4, 0.5) is 0 Å². The number of rotatable bonds is 2. The van der Waals surface area contributed by atoms with Gasteiger partial charge in [0.05, 0.1) is 5.60 Å². The molecular formula is C14H22O. The number of hydrogen-bond acceptors (Lipinski definition) is 1. The van der Waals surface area contributed by atoms with Crippen LogP contribution >= 0.6 is 0 Å². The second kappa shape index (κ2) is 3.21. The fraction of sp³-hybridized carbons (Fsp3) is 0.714. The number of hydrogen-bond donors (Lipinski definition) is 1. The summed E-state index contributed by atoms with van der Waals surface area (Å²) >= 11 is 0. The van der Waals surface area contributed by atoms with E-state index in [0.717, 1.165) is 12.3 Å². The van der Waals surface area contributed by atoms with E-state index in [1.54, 1.807) is 0 Å². The Bertz CT molecular complexity index is 313. The Labute approximate surface area is 92.9 Å². The Morgan fingerprint density at radius 1 is 1.53 bits per heavy atom. The van der Waals surface area contributed by atoms with E-state index in [4.69, 9.17) is 0 Å². The molecule has 0 unspecified atom stereocenters. The normalized spacial score (nSPS) is 44.9. The number of aliphatic hydroxyl groups is 1. The number of allylic oxidation sites excluding steroid dienone is 1. The van der Waals surface area contributed by atoms with Crippen molar-refractivity contribution in [3.63, 3.8) is 0 Å². The molecule has 15 heavy (non-hydrogen) atoms. The van der Waals surface area contributed by atoms with Crippen LogP contribution in [0.15, 0.2) is 24.3 Å². The second-order valence-corrected chi connectivity index (χ2v) is 5.74. The fourth-order valence-corrected chi connectivity index (χ4v) is 3.70. The monoisotopic (exact) mass is 206 g/mol. The van der Waals surface area contributed by atoms with Gasteiger partial charge in [-0.05, 0) is 49.0 Å². The lowest BCUT2D eigenvalue weighted by atomic mass is 9.42. The fourth-order valence-electron chi connectivity index (χ4n) is 3.70. The third-order valence-electron chi connectivity index (χ3n) is 4.87. The molecule has 0 saturated heterocycles. The van der Waals surface area contributed by atoms with E-state index in [2.05, 4.69) is 26.5 Å².